The molecule has 1 amide bonds. The first-order valence-corrected chi connectivity index (χ1v) is 15.4. The van der Waals surface area contributed by atoms with E-state index >= 15 is 4.39 Å². The summed E-state index contributed by atoms with van der Waals surface area (Å²) in [5.74, 6) is -0.135. The van der Waals surface area contributed by atoms with E-state index in [1.165, 1.54) is 12.1 Å². The van der Waals surface area contributed by atoms with Crippen molar-refractivity contribution in [3.8, 4) is 23.1 Å². The van der Waals surface area contributed by atoms with Crippen LogP contribution in [0.5, 0.6) is 5.88 Å². The SMILES string of the molecule is C=CC(=O)N1CC[C@@H]2[C@H]1CN2c1c(CC#N)c(OC[C@@H]2CCCN2C)nc2cc(-c3cncc4cccc(Cl)c34)c(F)cc12. The Morgan fingerprint density at radius 1 is 1.23 bits per heavy atom. The number of fused-ring (bicyclic) bond motifs is 3. The van der Waals surface area contributed by atoms with E-state index in [4.69, 9.17) is 21.3 Å². The van der Waals surface area contributed by atoms with Crippen LogP contribution in [-0.2, 0) is 11.2 Å². The molecule has 10 heteroatoms. The molecule has 224 valence electrons. The van der Waals surface area contributed by atoms with Gasteiger partial charge in [0.25, 0.3) is 0 Å². The van der Waals surface area contributed by atoms with Gasteiger partial charge in [0.2, 0.25) is 11.8 Å². The van der Waals surface area contributed by atoms with Gasteiger partial charge in [-0.15, -0.1) is 0 Å². The molecule has 3 aliphatic rings. The normalized spacial score (nSPS) is 21.4. The zero-order valence-corrected chi connectivity index (χ0v) is 25.2. The highest BCUT2D eigenvalue weighted by molar-refractivity contribution is 6.36. The second-order valence-corrected chi connectivity index (χ2v) is 12.3. The molecule has 0 N–H and O–H groups in total. The summed E-state index contributed by atoms with van der Waals surface area (Å²) in [5, 5.41) is 12.6. The number of carbonyl (C=O) groups excluding carboxylic acids is 1. The number of rotatable bonds is 7. The lowest BCUT2D eigenvalue weighted by Crippen LogP contribution is -2.63. The highest BCUT2D eigenvalue weighted by Crippen LogP contribution is 2.46. The van der Waals surface area contributed by atoms with Gasteiger partial charge in [-0.3, -0.25) is 9.78 Å². The number of carbonyl (C=O) groups is 1. The molecular weight excluding hydrogens is 579 g/mol. The number of hydrogen-bond donors (Lipinski definition) is 0. The predicted molar refractivity (Wildman–Crippen MR) is 169 cm³/mol. The number of likely N-dealkylation sites (tertiary alicyclic amines) is 2. The van der Waals surface area contributed by atoms with Crippen molar-refractivity contribution in [2.24, 2.45) is 0 Å². The van der Waals surface area contributed by atoms with Crippen molar-refractivity contribution in [2.45, 2.75) is 43.8 Å². The standard InChI is InChI=1S/C34H32ClFN6O2/c1-3-31(43)41-13-10-29-30(41)18-42(29)33-22(9-11-37)34(44-19-21-7-5-12-40(21)2)39-28-15-23(27(36)14-24(28)33)25-17-38-16-20-6-4-8-26(35)32(20)25/h3-4,6,8,14-17,21,29-30H,1,5,7,9-10,12-13,18-19H2,2H3/t21-,29+,30+/m0/s1. The van der Waals surface area contributed by atoms with E-state index in [9.17, 15) is 10.1 Å². The zero-order valence-electron chi connectivity index (χ0n) is 24.5. The Morgan fingerprint density at radius 2 is 2.09 bits per heavy atom. The Morgan fingerprint density at radius 3 is 2.86 bits per heavy atom. The molecular formula is C34H32ClFN6O2. The van der Waals surface area contributed by atoms with Gasteiger partial charge in [0, 0.05) is 63.8 Å². The fourth-order valence-corrected chi connectivity index (χ4v) is 7.49. The number of ether oxygens (including phenoxy) is 1. The lowest BCUT2D eigenvalue weighted by Gasteiger charge is -2.49. The van der Waals surface area contributed by atoms with Crippen LogP contribution in [0.15, 0.2) is 55.4 Å². The molecule has 2 aromatic heterocycles. The number of nitriles is 1. The van der Waals surface area contributed by atoms with Crippen LogP contribution >= 0.6 is 11.6 Å². The van der Waals surface area contributed by atoms with Gasteiger partial charge in [-0.2, -0.15) is 5.26 Å². The minimum absolute atomic E-state index is 0.0307. The lowest BCUT2D eigenvalue weighted by molar-refractivity contribution is -0.127. The summed E-state index contributed by atoms with van der Waals surface area (Å²) in [5.41, 5.74) is 2.86. The molecule has 8 nitrogen and oxygen atoms in total. The molecule has 2 aromatic carbocycles. The summed E-state index contributed by atoms with van der Waals surface area (Å²) in [4.78, 5) is 28.1. The van der Waals surface area contributed by atoms with E-state index in [1.54, 1.807) is 24.5 Å². The summed E-state index contributed by atoms with van der Waals surface area (Å²) in [6.45, 7) is 6.30. The van der Waals surface area contributed by atoms with Gasteiger partial charge in [0.1, 0.15) is 12.4 Å². The summed E-state index contributed by atoms with van der Waals surface area (Å²) < 4.78 is 22.7. The van der Waals surface area contributed by atoms with Gasteiger partial charge in [0.05, 0.1) is 41.3 Å². The molecule has 44 heavy (non-hydrogen) atoms. The Hall–Kier alpha value is -4.26. The van der Waals surface area contributed by atoms with E-state index < -0.39 is 5.82 Å². The van der Waals surface area contributed by atoms with E-state index in [2.05, 4.69) is 34.5 Å². The molecule has 0 radical (unpaired) electrons. The lowest BCUT2D eigenvalue weighted by atomic mass is 9.92. The van der Waals surface area contributed by atoms with Gasteiger partial charge in [-0.1, -0.05) is 30.3 Å². The van der Waals surface area contributed by atoms with E-state index in [0.29, 0.717) is 63.6 Å². The van der Waals surface area contributed by atoms with Gasteiger partial charge in [-0.05, 0) is 57.1 Å². The van der Waals surface area contributed by atoms with Gasteiger partial charge in [-0.25, -0.2) is 9.37 Å². The fourth-order valence-electron chi connectivity index (χ4n) is 7.20. The molecule has 0 bridgehead atoms. The summed E-state index contributed by atoms with van der Waals surface area (Å²) >= 11 is 6.61. The quantitative estimate of drug-likeness (QED) is 0.246. The van der Waals surface area contributed by atoms with Crippen molar-refractivity contribution >= 4 is 44.9 Å². The Kier molecular flexibility index (Phi) is 7.35. The number of nitrogens with zero attached hydrogens (tertiary/aromatic N) is 6. The number of halogens is 2. The van der Waals surface area contributed by atoms with Crippen LogP contribution < -0.4 is 9.64 Å². The Labute approximate surface area is 260 Å². The third-order valence-electron chi connectivity index (χ3n) is 9.51. The number of hydrogen-bond acceptors (Lipinski definition) is 7. The third kappa shape index (κ3) is 4.64. The largest absolute Gasteiger partial charge is 0.476 e. The van der Waals surface area contributed by atoms with Crippen molar-refractivity contribution in [3.63, 3.8) is 0 Å². The molecule has 3 aliphatic heterocycles. The molecule has 3 fully saturated rings. The molecule has 7 rings (SSSR count). The van der Waals surface area contributed by atoms with Crippen LogP contribution in [0.25, 0.3) is 32.8 Å². The van der Waals surface area contributed by atoms with Crippen LogP contribution in [0.2, 0.25) is 5.02 Å². The average Bonchev–Trinajstić information content (AvgIpc) is 3.58. The maximum absolute atomic E-state index is 16.2. The summed E-state index contributed by atoms with van der Waals surface area (Å²) in [6.07, 6.45) is 7.65. The van der Waals surface area contributed by atoms with Gasteiger partial charge >= 0.3 is 0 Å². The third-order valence-corrected chi connectivity index (χ3v) is 9.82. The van der Waals surface area contributed by atoms with Gasteiger partial charge < -0.3 is 19.4 Å². The van der Waals surface area contributed by atoms with E-state index in [0.717, 1.165) is 36.9 Å². The fraction of sp³-hybridized carbons (Fsp3) is 0.353. The second kappa shape index (κ2) is 11.3. The molecule has 0 spiro atoms. The van der Waals surface area contributed by atoms with Crippen molar-refractivity contribution in [2.75, 3.05) is 38.2 Å². The molecule has 0 saturated carbocycles. The molecule has 0 aliphatic carbocycles. The summed E-state index contributed by atoms with van der Waals surface area (Å²) in [7, 11) is 2.09. The average molecular weight is 611 g/mol. The van der Waals surface area contributed by atoms with Crippen LogP contribution in [0.3, 0.4) is 0 Å². The first kappa shape index (κ1) is 28.5. The molecule has 3 saturated heterocycles. The minimum atomic E-state index is -0.439. The van der Waals surface area contributed by atoms with Gasteiger partial charge in [0.15, 0.2) is 0 Å². The molecule has 0 unspecified atom stereocenters. The van der Waals surface area contributed by atoms with E-state index in [-0.39, 0.29) is 30.5 Å². The highest BCUT2D eigenvalue weighted by atomic mass is 35.5. The first-order valence-electron chi connectivity index (χ1n) is 15.0. The van der Waals surface area contributed by atoms with Crippen LogP contribution in [-0.4, -0.2) is 77.1 Å². The number of aromatic nitrogens is 2. The van der Waals surface area contributed by atoms with Crippen molar-refractivity contribution in [3.05, 3.63) is 71.8 Å². The molecule has 3 atom stereocenters. The zero-order chi connectivity index (χ0) is 30.5. The second-order valence-electron chi connectivity index (χ2n) is 11.9. The minimum Gasteiger partial charge on any atom is -0.476 e. The monoisotopic (exact) mass is 610 g/mol. The maximum Gasteiger partial charge on any atom is 0.246 e. The van der Waals surface area contributed by atoms with Crippen molar-refractivity contribution in [1.29, 1.82) is 5.26 Å². The van der Waals surface area contributed by atoms with Crippen LogP contribution in [0.1, 0.15) is 24.8 Å². The first-order chi connectivity index (χ1) is 21.4. The molecule has 5 heterocycles. The van der Waals surface area contributed by atoms with Crippen LogP contribution in [0.4, 0.5) is 10.1 Å². The topological polar surface area (TPSA) is 85.6 Å². The highest BCUT2D eigenvalue weighted by Gasteiger charge is 2.49. The number of benzene rings is 2. The van der Waals surface area contributed by atoms with Crippen molar-refractivity contribution in [1.82, 2.24) is 19.8 Å². The summed E-state index contributed by atoms with van der Waals surface area (Å²) in [6, 6.07) is 11.4. The molecule has 4 aromatic rings. The van der Waals surface area contributed by atoms with E-state index in [1.807, 2.05) is 17.0 Å². The maximum atomic E-state index is 16.2. The number of likely N-dealkylation sites (N-methyl/N-ethyl adjacent to an activating group) is 1. The number of amides is 1. The Balaban J connectivity index is 1.39. The predicted octanol–water partition coefficient (Wildman–Crippen LogP) is 5.76. The number of pyridine rings is 2. The number of anilines is 1. The van der Waals surface area contributed by atoms with Crippen molar-refractivity contribution < 1.29 is 13.9 Å². The smallest absolute Gasteiger partial charge is 0.246 e. The van der Waals surface area contributed by atoms with Crippen LogP contribution in [0, 0.1) is 17.1 Å². The Bertz CT molecular complexity index is 1850.